The summed E-state index contributed by atoms with van der Waals surface area (Å²) >= 11 is 0. The van der Waals surface area contributed by atoms with Crippen molar-refractivity contribution in [3.8, 4) is 0 Å². The van der Waals surface area contributed by atoms with Crippen LogP contribution in [0, 0.1) is 5.92 Å². The normalized spacial score (nSPS) is 21.3. The van der Waals surface area contributed by atoms with Crippen molar-refractivity contribution >= 4 is 14.3 Å². The van der Waals surface area contributed by atoms with Crippen molar-refractivity contribution in [3.05, 3.63) is 0 Å². The lowest BCUT2D eigenvalue weighted by Crippen LogP contribution is -2.45. The molecule has 1 aliphatic rings. The molecule has 0 aromatic heterocycles. The van der Waals surface area contributed by atoms with Crippen molar-refractivity contribution in [2.45, 2.75) is 58.7 Å². The Balaban J connectivity index is 2.37. The maximum absolute atomic E-state index is 11.8. The van der Waals surface area contributed by atoms with Gasteiger partial charge in [0.15, 0.2) is 8.32 Å². The molecule has 1 unspecified atom stereocenters. The molecule has 5 heteroatoms. The summed E-state index contributed by atoms with van der Waals surface area (Å²) in [7, 11) is -1.66. The maximum Gasteiger partial charge on any atom is 0.310 e. The molecule has 4 nitrogen and oxygen atoms in total. The Morgan fingerprint density at radius 2 is 2.00 bits per heavy atom. The highest BCUT2D eigenvalue weighted by Crippen LogP contribution is 2.36. The molecule has 1 fully saturated rings. The van der Waals surface area contributed by atoms with Gasteiger partial charge in [-0.3, -0.25) is 4.79 Å². The number of carbonyl (C=O) groups is 1. The van der Waals surface area contributed by atoms with E-state index in [9.17, 15) is 4.79 Å². The van der Waals surface area contributed by atoms with E-state index in [0.717, 1.165) is 39.1 Å². The molecule has 21 heavy (non-hydrogen) atoms. The average Bonchev–Trinajstić information content (AvgIpc) is 2.38. The van der Waals surface area contributed by atoms with Crippen LogP contribution in [0.2, 0.25) is 18.1 Å². The van der Waals surface area contributed by atoms with Crippen LogP contribution in [0.3, 0.4) is 0 Å². The second-order valence-corrected chi connectivity index (χ2v) is 12.3. The number of ether oxygens (including phenoxy) is 1. The van der Waals surface area contributed by atoms with E-state index in [-0.39, 0.29) is 16.9 Å². The molecule has 0 radical (unpaired) electrons. The molecule has 1 aliphatic heterocycles. The molecule has 1 rings (SSSR count). The molecule has 0 N–H and O–H groups in total. The minimum absolute atomic E-state index is 0.0347. The van der Waals surface area contributed by atoms with Crippen molar-refractivity contribution in [2.24, 2.45) is 5.92 Å². The number of hydrogen-bond acceptors (Lipinski definition) is 4. The fourth-order valence-corrected chi connectivity index (χ4v) is 3.39. The smallest absolute Gasteiger partial charge is 0.310 e. The summed E-state index contributed by atoms with van der Waals surface area (Å²) in [6.07, 6.45) is 2.03. The fourth-order valence-electron chi connectivity index (χ4n) is 2.36. The molecule has 0 amide bonds. The van der Waals surface area contributed by atoms with Gasteiger partial charge in [-0.05, 0) is 44.4 Å². The van der Waals surface area contributed by atoms with E-state index in [1.165, 1.54) is 0 Å². The van der Waals surface area contributed by atoms with Crippen molar-refractivity contribution in [3.63, 3.8) is 0 Å². The van der Waals surface area contributed by atoms with Gasteiger partial charge in [0.05, 0.1) is 12.5 Å². The molecule has 0 spiro atoms. The first-order valence-electron chi connectivity index (χ1n) is 8.20. The highest BCUT2D eigenvalue weighted by Gasteiger charge is 2.37. The van der Waals surface area contributed by atoms with Gasteiger partial charge >= 0.3 is 5.97 Å². The predicted octanol–water partition coefficient (Wildman–Crippen LogP) is 3.28. The Hall–Kier alpha value is -0.393. The van der Waals surface area contributed by atoms with Crippen LogP contribution in [-0.4, -0.2) is 52.0 Å². The predicted molar refractivity (Wildman–Crippen MR) is 88.9 cm³/mol. The van der Waals surface area contributed by atoms with Crippen molar-refractivity contribution in [1.29, 1.82) is 0 Å². The largest absolute Gasteiger partial charge is 0.466 e. The van der Waals surface area contributed by atoms with Gasteiger partial charge in [0.2, 0.25) is 0 Å². The highest BCUT2D eigenvalue weighted by molar-refractivity contribution is 6.74. The standard InChI is InChI=1S/C16H33NO3Si/c1-7-19-15(18)14-9-8-10-17(13-14)11-12-20-21(5,6)16(2,3)4/h14H,7-13H2,1-6H3. The maximum atomic E-state index is 11.8. The molecule has 1 heterocycles. The lowest BCUT2D eigenvalue weighted by Gasteiger charge is -2.37. The monoisotopic (exact) mass is 315 g/mol. The first-order chi connectivity index (χ1) is 9.67. The van der Waals surface area contributed by atoms with Crippen LogP contribution >= 0.6 is 0 Å². The Labute approximate surface area is 131 Å². The number of esters is 1. The second kappa shape index (κ2) is 7.74. The van der Waals surface area contributed by atoms with Crippen molar-refractivity contribution in [1.82, 2.24) is 4.90 Å². The van der Waals surface area contributed by atoms with Crippen LogP contribution in [-0.2, 0) is 14.0 Å². The van der Waals surface area contributed by atoms with Crippen molar-refractivity contribution < 1.29 is 14.0 Å². The summed E-state index contributed by atoms with van der Waals surface area (Å²) in [4.78, 5) is 14.2. The van der Waals surface area contributed by atoms with Gasteiger partial charge in [0.25, 0.3) is 0 Å². The molecule has 0 aromatic carbocycles. The zero-order valence-electron chi connectivity index (χ0n) is 14.7. The highest BCUT2D eigenvalue weighted by atomic mass is 28.4. The molecule has 1 saturated heterocycles. The van der Waals surface area contributed by atoms with Gasteiger partial charge in [-0.2, -0.15) is 0 Å². The molecule has 124 valence electrons. The van der Waals surface area contributed by atoms with Gasteiger partial charge in [-0.25, -0.2) is 0 Å². The third-order valence-corrected chi connectivity index (χ3v) is 9.34. The van der Waals surface area contributed by atoms with Crippen LogP contribution in [0.4, 0.5) is 0 Å². The average molecular weight is 316 g/mol. The van der Waals surface area contributed by atoms with Crippen LogP contribution in [0.1, 0.15) is 40.5 Å². The quantitative estimate of drug-likeness (QED) is 0.557. The molecule has 0 saturated carbocycles. The van der Waals surface area contributed by atoms with Crippen LogP contribution in [0.15, 0.2) is 0 Å². The summed E-state index contributed by atoms with van der Waals surface area (Å²) in [5, 5.41) is 0.252. The summed E-state index contributed by atoms with van der Waals surface area (Å²) < 4.78 is 11.4. The van der Waals surface area contributed by atoms with Gasteiger partial charge in [-0.15, -0.1) is 0 Å². The minimum atomic E-state index is -1.66. The minimum Gasteiger partial charge on any atom is -0.466 e. The summed E-state index contributed by atoms with van der Waals surface area (Å²) in [5.74, 6) is 0.0130. The summed E-state index contributed by atoms with van der Waals surface area (Å²) in [5.41, 5.74) is 0. The lowest BCUT2D eigenvalue weighted by molar-refractivity contribution is -0.150. The van der Waals surface area contributed by atoms with Gasteiger partial charge in [-0.1, -0.05) is 20.8 Å². The number of rotatable bonds is 6. The molecule has 0 bridgehead atoms. The number of hydrogen-bond donors (Lipinski definition) is 0. The van der Waals surface area contributed by atoms with E-state index >= 15 is 0 Å². The molecular weight excluding hydrogens is 282 g/mol. The van der Waals surface area contributed by atoms with Gasteiger partial charge in [0.1, 0.15) is 0 Å². The Kier molecular flexibility index (Phi) is 6.88. The van der Waals surface area contributed by atoms with E-state index in [0.29, 0.717) is 6.61 Å². The molecule has 0 aliphatic carbocycles. The number of nitrogens with zero attached hydrogens (tertiary/aromatic N) is 1. The topological polar surface area (TPSA) is 38.8 Å². The zero-order valence-corrected chi connectivity index (χ0v) is 15.7. The third-order valence-electron chi connectivity index (χ3n) is 4.80. The second-order valence-electron chi connectivity index (χ2n) is 7.50. The first-order valence-corrected chi connectivity index (χ1v) is 11.1. The van der Waals surface area contributed by atoms with Crippen LogP contribution in [0.25, 0.3) is 0 Å². The van der Waals surface area contributed by atoms with Gasteiger partial charge in [0, 0.05) is 19.7 Å². The van der Waals surface area contributed by atoms with E-state index in [2.05, 4.69) is 38.8 Å². The van der Waals surface area contributed by atoms with E-state index < -0.39 is 8.32 Å². The van der Waals surface area contributed by atoms with Crippen LogP contribution in [0.5, 0.6) is 0 Å². The third kappa shape index (κ3) is 5.72. The van der Waals surface area contributed by atoms with Gasteiger partial charge < -0.3 is 14.1 Å². The molecule has 0 aromatic rings. The molecule has 1 atom stereocenters. The first kappa shape index (κ1) is 18.7. The Morgan fingerprint density at radius 3 is 2.57 bits per heavy atom. The van der Waals surface area contributed by atoms with E-state index in [1.54, 1.807) is 0 Å². The summed E-state index contributed by atoms with van der Waals surface area (Å²) in [6.45, 7) is 17.3. The molecular formula is C16H33NO3Si. The summed E-state index contributed by atoms with van der Waals surface area (Å²) in [6, 6.07) is 0. The van der Waals surface area contributed by atoms with Crippen molar-refractivity contribution in [2.75, 3.05) is 32.8 Å². The van der Waals surface area contributed by atoms with Crippen LogP contribution < -0.4 is 0 Å². The lowest BCUT2D eigenvalue weighted by atomic mass is 9.98. The number of piperidine rings is 1. The zero-order chi connectivity index (χ0) is 16.1. The number of likely N-dealkylation sites (tertiary alicyclic amines) is 1. The van der Waals surface area contributed by atoms with E-state index in [4.69, 9.17) is 9.16 Å². The fraction of sp³-hybridized carbons (Fsp3) is 0.938. The SMILES string of the molecule is CCOC(=O)C1CCCN(CCO[Si](C)(C)C(C)(C)C)C1. The Morgan fingerprint density at radius 1 is 1.33 bits per heavy atom. The van der Waals surface area contributed by atoms with E-state index in [1.807, 2.05) is 6.92 Å². The Bertz CT molecular complexity index is 339. The number of carbonyl (C=O) groups excluding carboxylic acids is 1.